The number of rotatable bonds is 4. The smallest absolute Gasteiger partial charge is 0.142 e. The monoisotopic (exact) mass is 210 g/mol. The molecule has 0 fully saturated rings. The number of aliphatic hydroxyl groups is 1. The Bertz CT molecular complexity index is 366. The lowest BCUT2D eigenvalue weighted by Crippen LogP contribution is -2.21. The zero-order chi connectivity index (χ0) is 11.4. The Morgan fingerprint density at radius 2 is 2.33 bits per heavy atom. The van der Waals surface area contributed by atoms with Gasteiger partial charge in [0.05, 0.1) is 12.8 Å². The molecule has 1 aromatic heterocycles. The number of hydrogen-bond acceptors (Lipinski definition) is 3. The first kappa shape index (κ1) is 11.7. The predicted molar refractivity (Wildman–Crippen MR) is 58.2 cm³/mol. The second-order valence-corrected chi connectivity index (χ2v) is 3.61. The predicted octanol–water partition coefficient (Wildman–Crippen LogP) is 1.73. The van der Waals surface area contributed by atoms with Crippen molar-refractivity contribution in [2.45, 2.75) is 13.5 Å². The number of likely N-dealkylation sites (N-methyl/N-ethyl adjacent to an activating group) is 1. The van der Waals surface area contributed by atoms with Crippen molar-refractivity contribution in [2.24, 2.45) is 0 Å². The summed E-state index contributed by atoms with van der Waals surface area (Å²) in [6.45, 7) is 6.10. The van der Waals surface area contributed by atoms with E-state index in [4.69, 9.17) is 5.11 Å². The number of halogens is 1. The molecule has 0 aliphatic rings. The molecule has 0 spiro atoms. The number of hydrogen-bond donors (Lipinski definition) is 1. The zero-order valence-corrected chi connectivity index (χ0v) is 9.00. The van der Waals surface area contributed by atoms with Gasteiger partial charge in [-0.1, -0.05) is 12.2 Å². The molecule has 1 rings (SSSR count). The molecule has 4 heteroatoms. The van der Waals surface area contributed by atoms with Gasteiger partial charge in [-0.25, -0.2) is 9.37 Å². The summed E-state index contributed by atoms with van der Waals surface area (Å²) in [5, 5.41) is 9.07. The fraction of sp³-hybridized carbons (Fsp3) is 0.364. The molecule has 82 valence electrons. The lowest BCUT2D eigenvalue weighted by atomic mass is 10.2. The first-order chi connectivity index (χ1) is 7.04. The van der Waals surface area contributed by atoms with Gasteiger partial charge in [-0.15, -0.1) is 0 Å². The highest BCUT2D eigenvalue weighted by Crippen LogP contribution is 2.17. The fourth-order valence-corrected chi connectivity index (χ4v) is 1.41. The Balaban J connectivity index is 2.97. The third-order valence-corrected chi connectivity index (χ3v) is 1.95. The van der Waals surface area contributed by atoms with E-state index >= 15 is 0 Å². The molecule has 3 nitrogen and oxygen atoms in total. The average molecular weight is 210 g/mol. The summed E-state index contributed by atoms with van der Waals surface area (Å²) in [4.78, 5) is 5.78. The van der Waals surface area contributed by atoms with E-state index in [2.05, 4.69) is 11.6 Å². The Labute approximate surface area is 88.9 Å². The Morgan fingerprint density at radius 1 is 1.67 bits per heavy atom. The van der Waals surface area contributed by atoms with Crippen molar-refractivity contribution in [3.05, 3.63) is 35.8 Å². The molecule has 0 amide bonds. The molecule has 0 radical (unpaired) electrons. The molecule has 15 heavy (non-hydrogen) atoms. The third-order valence-electron chi connectivity index (χ3n) is 1.95. The first-order valence-electron chi connectivity index (χ1n) is 4.65. The van der Waals surface area contributed by atoms with Crippen LogP contribution in [0.25, 0.3) is 0 Å². The van der Waals surface area contributed by atoms with Gasteiger partial charge in [-0.2, -0.15) is 0 Å². The van der Waals surface area contributed by atoms with Gasteiger partial charge in [-0.3, -0.25) is 0 Å². The summed E-state index contributed by atoms with van der Waals surface area (Å²) in [7, 11) is 1.83. The van der Waals surface area contributed by atoms with Crippen LogP contribution in [0.3, 0.4) is 0 Å². The lowest BCUT2D eigenvalue weighted by Gasteiger charge is -2.20. The summed E-state index contributed by atoms with van der Waals surface area (Å²) in [5.41, 5.74) is 1.46. The molecular formula is C11H15FN2O. The van der Waals surface area contributed by atoms with Crippen LogP contribution in [0.15, 0.2) is 24.4 Å². The highest BCUT2D eigenvalue weighted by molar-refractivity contribution is 5.46. The molecule has 1 N–H and O–H groups in total. The van der Waals surface area contributed by atoms with E-state index < -0.39 is 5.82 Å². The first-order valence-corrected chi connectivity index (χ1v) is 4.65. The van der Waals surface area contributed by atoms with Crippen molar-refractivity contribution in [2.75, 3.05) is 18.5 Å². The number of aromatic nitrogens is 1. The van der Waals surface area contributed by atoms with Gasteiger partial charge in [0.1, 0.15) is 11.6 Å². The van der Waals surface area contributed by atoms with E-state index in [-0.39, 0.29) is 6.61 Å². The summed E-state index contributed by atoms with van der Waals surface area (Å²) in [6, 6.07) is 1.29. The standard InChI is InChI=1S/C11H15FN2O/c1-8(2)6-14(3)11-9(7-15)4-10(12)5-13-11/h4-5,15H,1,6-7H2,2-3H3. The minimum Gasteiger partial charge on any atom is -0.392 e. The van der Waals surface area contributed by atoms with E-state index in [9.17, 15) is 4.39 Å². The molecule has 1 aromatic rings. The van der Waals surface area contributed by atoms with Crippen LogP contribution in [-0.4, -0.2) is 23.7 Å². The average Bonchev–Trinajstić information content (AvgIpc) is 2.16. The Morgan fingerprint density at radius 3 is 2.87 bits per heavy atom. The molecule has 1 heterocycles. The number of aliphatic hydroxyl groups excluding tert-OH is 1. The largest absolute Gasteiger partial charge is 0.392 e. The van der Waals surface area contributed by atoms with Crippen molar-refractivity contribution in [3.63, 3.8) is 0 Å². The fourth-order valence-electron chi connectivity index (χ4n) is 1.41. The second-order valence-electron chi connectivity index (χ2n) is 3.61. The van der Waals surface area contributed by atoms with Crippen molar-refractivity contribution in [3.8, 4) is 0 Å². The van der Waals surface area contributed by atoms with Gasteiger partial charge in [0.2, 0.25) is 0 Å². The minimum atomic E-state index is -0.438. The van der Waals surface area contributed by atoms with E-state index in [0.29, 0.717) is 17.9 Å². The summed E-state index contributed by atoms with van der Waals surface area (Å²) in [5.74, 6) is 0.147. The normalized spacial score (nSPS) is 10.1. The minimum absolute atomic E-state index is 0.222. The second kappa shape index (κ2) is 4.89. The highest BCUT2D eigenvalue weighted by atomic mass is 19.1. The SMILES string of the molecule is C=C(C)CN(C)c1ncc(F)cc1CO. The van der Waals surface area contributed by atoms with Crippen LogP contribution < -0.4 is 4.90 Å². The molecule has 0 atom stereocenters. The molecule has 0 saturated heterocycles. The van der Waals surface area contributed by atoms with Crippen LogP contribution in [0.5, 0.6) is 0 Å². The van der Waals surface area contributed by atoms with E-state index in [0.717, 1.165) is 11.8 Å². The van der Waals surface area contributed by atoms with Crippen LogP contribution in [0.4, 0.5) is 10.2 Å². The quantitative estimate of drug-likeness (QED) is 0.769. The molecule has 0 bridgehead atoms. The van der Waals surface area contributed by atoms with Gasteiger partial charge in [-0.05, 0) is 13.0 Å². The highest BCUT2D eigenvalue weighted by Gasteiger charge is 2.09. The van der Waals surface area contributed by atoms with Crippen LogP contribution in [0.2, 0.25) is 0 Å². The molecule has 0 saturated carbocycles. The van der Waals surface area contributed by atoms with E-state index in [1.807, 2.05) is 18.9 Å². The topological polar surface area (TPSA) is 36.4 Å². The lowest BCUT2D eigenvalue weighted by molar-refractivity contribution is 0.281. The van der Waals surface area contributed by atoms with Gasteiger partial charge in [0.15, 0.2) is 0 Å². The maximum Gasteiger partial charge on any atom is 0.142 e. The maximum atomic E-state index is 12.9. The molecule has 0 unspecified atom stereocenters. The molecule has 0 aromatic carbocycles. The van der Waals surface area contributed by atoms with E-state index in [1.165, 1.54) is 6.07 Å². The van der Waals surface area contributed by atoms with Gasteiger partial charge < -0.3 is 10.0 Å². The van der Waals surface area contributed by atoms with Crippen LogP contribution in [0.1, 0.15) is 12.5 Å². The molecule has 0 aliphatic heterocycles. The number of nitrogens with zero attached hydrogens (tertiary/aromatic N) is 2. The van der Waals surface area contributed by atoms with Crippen molar-refractivity contribution >= 4 is 5.82 Å². The maximum absolute atomic E-state index is 12.9. The number of pyridine rings is 1. The Hall–Kier alpha value is -1.42. The van der Waals surface area contributed by atoms with Crippen molar-refractivity contribution in [1.82, 2.24) is 4.98 Å². The Kier molecular flexibility index (Phi) is 3.80. The molecule has 0 aliphatic carbocycles. The van der Waals surface area contributed by atoms with Crippen molar-refractivity contribution in [1.29, 1.82) is 0 Å². The van der Waals surface area contributed by atoms with Crippen LogP contribution in [-0.2, 0) is 6.61 Å². The van der Waals surface area contributed by atoms with Crippen molar-refractivity contribution < 1.29 is 9.50 Å². The number of anilines is 1. The van der Waals surface area contributed by atoms with E-state index in [1.54, 1.807) is 0 Å². The van der Waals surface area contributed by atoms with Gasteiger partial charge in [0.25, 0.3) is 0 Å². The van der Waals surface area contributed by atoms with Gasteiger partial charge >= 0.3 is 0 Å². The molecular weight excluding hydrogens is 195 g/mol. The summed E-state index contributed by atoms with van der Waals surface area (Å²) >= 11 is 0. The van der Waals surface area contributed by atoms with Crippen LogP contribution in [0, 0.1) is 5.82 Å². The van der Waals surface area contributed by atoms with Crippen LogP contribution >= 0.6 is 0 Å². The van der Waals surface area contributed by atoms with Gasteiger partial charge in [0, 0.05) is 19.2 Å². The zero-order valence-electron chi connectivity index (χ0n) is 9.00. The summed E-state index contributed by atoms with van der Waals surface area (Å²) < 4.78 is 12.9. The summed E-state index contributed by atoms with van der Waals surface area (Å²) in [6.07, 6.45) is 1.14. The third kappa shape index (κ3) is 3.02.